The number of hydrazine groups is 1. The van der Waals surface area contributed by atoms with Gasteiger partial charge in [-0.2, -0.15) is 15.1 Å². The van der Waals surface area contributed by atoms with Crippen LogP contribution in [0.5, 0.6) is 11.8 Å². The standard InChI is InChI=1S/C20H20FN7O/c1-10-7-13-14(23-10)5-6-16(19(13)21)29-20-24-15(12-3-4-12)9-17(25-20)28(22)18-8-11(2)26-27-18/h5-9,12,23H,3-4,22H2,1-2H3,(H,26,27). The zero-order valence-corrected chi connectivity index (χ0v) is 16.0. The molecular weight excluding hydrogens is 373 g/mol. The highest BCUT2D eigenvalue weighted by Gasteiger charge is 2.28. The van der Waals surface area contributed by atoms with E-state index >= 15 is 0 Å². The van der Waals surface area contributed by atoms with Gasteiger partial charge < -0.3 is 9.72 Å². The summed E-state index contributed by atoms with van der Waals surface area (Å²) in [6.07, 6.45) is 2.09. The molecule has 1 aliphatic carbocycles. The predicted octanol–water partition coefficient (Wildman–Crippen LogP) is 4.12. The van der Waals surface area contributed by atoms with Crippen molar-refractivity contribution >= 4 is 22.5 Å². The highest BCUT2D eigenvalue weighted by molar-refractivity contribution is 5.82. The molecule has 1 saturated carbocycles. The molecule has 3 heterocycles. The lowest BCUT2D eigenvalue weighted by molar-refractivity contribution is 0.412. The third-order valence-corrected chi connectivity index (χ3v) is 4.93. The molecule has 9 heteroatoms. The van der Waals surface area contributed by atoms with E-state index in [9.17, 15) is 4.39 Å². The molecule has 5 rings (SSSR count). The van der Waals surface area contributed by atoms with Crippen LogP contribution < -0.4 is 15.6 Å². The molecule has 0 amide bonds. The number of nitrogens with zero attached hydrogens (tertiary/aromatic N) is 4. The van der Waals surface area contributed by atoms with Gasteiger partial charge in [0.1, 0.15) is 0 Å². The second-order valence-electron chi connectivity index (χ2n) is 7.38. The highest BCUT2D eigenvalue weighted by atomic mass is 19.1. The molecule has 148 valence electrons. The SMILES string of the molecule is Cc1cc(N(N)c2cc(C3CC3)nc(Oc3ccc4[nH]c(C)cc4c3F)n2)n[nH]1. The molecular formula is C20H20FN7O. The van der Waals surface area contributed by atoms with E-state index in [-0.39, 0.29) is 11.8 Å². The number of ether oxygens (including phenoxy) is 1. The number of aryl methyl sites for hydroxylation is 2. The first-order valence-corrected chi connectivity index (χ1v) is 9.39. The molecule has 1 fully saturated rings. The van der Waals surface area contributed by atoms with Crippen LogP contribution in [0.3, 0.4) is 0 Å². The Hall–Kier alpha value is -3.46. The van der Waals surface area contributed by atoms with Gasteiger partial charge in [-0.1, -0.05) is 0 Å². The van der Waals surface area contributed by atoms with Gasteiger partial charge in [-0.3, -0.25) is 5.10 Å². The van der Waals surface area contributed by atoms with Gasteiger partial charge in [0.15, 0.2) is 23.2 Å². The summed E-state index contributed by atoms with van der Waals surface area (Å²) in [5.41, 5.74) is 3.29. The fraction of sp³-hybridized carbons (Fsp3) is 0.250. The van der Waals surface area contributed by atoms with Gasteiger partial charge >= 0.3 is 6.01 Å². The maximum Gasteiger partial charge on any atom is 0.324 e. The van der Waals surface area contributed by atoms with Crippen molar-refractivity contribution in [3.8, 4) is 11.8 Å². The van der Waals surface area contributed by atoms with E-state index in [1.54, 1.807) is 24.3 Å². The average molecular weight is 393 g/mol. The number of H-pyrrole nitrogens is 2. The monoisotopic (exact) mass is 393 g/mol. The molecule has 4 aromatic rings. The van der Waals surface area contributed by atoms with Crippen molar-refractivity contribution in [2.45, 2.75) is 32.6 Å². The lowest BCUT2D eigenvalue weighted by Crippen LogP contribution is -2.26. The Kier molecular flexibility index (Phi) is 3.99. The van der Waals surface area contributed by atoms with Crippen molar-refractivity contribution in [1.29, 1.82) is 0 Å². The molecule has 0 radical (unpaired) electrons. The van der Waals surface area contributed by atoms with E-state index in [2.05, 4.69) is 25.1 Å². The minimum atomic E-state index is -0.457. The van der Waals surface area contributed by atoms with Crippen LogP contribution in [-0.2, 0) is 0 Å². The summed E-state index contributed by atoms with van der Waals surface area (Å²) in [7, 11) is 0. The Morgan fingerprint density at radius 3 is 2.66 bits per heavy atom. The Labute approximate surface area is 165 Å². The molecule has 0 atom stereocenters. The lowest BCUT2D eigenvalue weighted by atomic mass is 10.2. The van der Waals surface area contributed by atoms with Crippen LogP contribution >= 0.6 is 0 Å². The average Bonchev–Trinajstić information content (AvgIpc) is 3.36. The Morgan fingerprint density at radius 1 is 1.10 bits per heavy atom. The molecule has 4 N–H and O–H groups in total. The predicted molar refractivity (Wildman–Crippen MR) is 107 cm³/mol. The first kappa shape index (κ1) is 17.6. The number of hydrogen-bond donors (Lipinski definition) is 3. The van der Waals surface area contributed by atoms with E-state index in [1.165, 1.54) is 5.01 Å². The van der Waals surface area contributed by atoms with Crippen LogP contribution in [0.25, 0.3) is 10.9 Å². The third kappa shape index (κ3) is 3.29. The first-order chi connectivity index (χ1) is 14.0. The van der Waals surface area contributed by atoms with Crippen molar-refractivity contribution in [3.63, 3.8) is 0 Å². The number of halogens is 1. The van der Waals surface area contributed by atoms with Crippen molar-refractivity contribution in [1.82, 2.24) is 25.1 Å². The second-order valence-corrected chi connectivity index (χ2v) is 7.38. The van der Waals surface area contributed by atoms with Crippen LogP contribution in [0.2, 0.25) is 0 Å². The van der Waals surface area contributed by atoms with Crippen LogP contribution in [0.1, 0.15) is 35.8 Å². The Bertz CT molecular complexity index is 1210. The van der Waals surface area contributed by atoms with Crippen molar-refractivity contribution in [2.75, 3.05) is 5.01 Å². The molecule has 0 aliphatic heterocycles. The zero-order chi connectivity index (χ0) is 20.1. The normalized spacial score (nSPS) is 13.8. The smallest absolute Gasteiger partial charge is 0.324 e. The molecule has 3 aromatic heterocycles. The summed E-state index contributed by atoms with van der Waals surface area (Å²) in [5, 5.41) is 8.83. The van der Waals surface area contributed by atoms with Crippen LogP contribution in [0.15, 0.2) is 30.3 Å². The highest BCUT2D eigenvalue weighted by Crippen LogP contribution is 2.41. The second kappa shape index (κ2) is 6.56. The summed E-state index contributed by atoms with van der Waals surface area (Å²) in [5.74, 6) is 7.11. The summed E-state index contributed by atoms with van der Waals surface area (Å²) in [6.45, 7) is 3.76. The van der Waals surface area contributed by atoms with Crippen molar-refractivity contribution < 1.29 is 9.13 Å². The van der Waals surface area contributed by atoms with E-state index in [1.807, 2.05) is 19.9 Å². The van der Waals surface area contributed by atoms with Gasteiger partial charge in [0.2, 0.25) is 0 Å². The van der Waals surface area contributed by atoms with Crippen LogP contribution in [0, 0.1) is 19.7 Å². The number of aromatic amines is 2. The van der Waals surface area contributed by atoms with E-state index in [0.29, 0.717) is 28.5 Å². The molecule has 0 bridgehead atoms. The van der Waals surface area contributed by atoms with Gasteiger partial charge in [-0.15, -0.1) is 0 Å². The third-order valence-electron chi connectivity index (χ3n) is 4.93. The maximum atomic E-state index is 14.9. The number of fused-ring (bicyclic) bond motifs is 1. The number of anilines is 2. The van der Waals surface area contributed by atoms with E-state index in [4.69, 9.17) is 10.6 Å². The van der Waals surface area contributed by atoms with Gasteiger partial charge in [0, 0.05) is 40.3 Å². The van der Waals surface area contributed by atoms with Gasteiger partial charge in [-0.25, -0.2) is 15.2 Å². The summed E-state index contributed by atoms with van der Waals surface area (Å²) in [6, 6.07) is 8.76. The van der Waals surface area contributed by atoms with E-state index < -0.39 is 5.82 Å². The quantitative estimate of drug-likeness (QED) is 0.348. The number of benzene rings is 1. The van der Waals surface area contributed by atoms with Crippen LogP contribution in [-0.4, -0.2) is 25.1 Å². The van der Waals surface area contributed by atoms with Crippen LogP contribution in [0.4, 0.5) is 16.0 Å². The fourth-order valence-corrected chi connectivity index (χ4v) is 3.30. The maximum absolute atomic E-state index is 14.9. The van der Waals surface area contributed by atoms with Gasteiger partial charge in [-0.05, 0) is 44.9 Å². The zero-order valence-electron chi connectivity index (χ0n) is 16.0. The molecule has 1 aliphatic rings. The van der Waals surface area contributed by atoms with E-state index in [0.717, 1.165) is 29.9 Å². The molecule has 0 spiro atoms. The Balaban J connectivity index is 1.53. The number of hydrogen-bond acceptors (Lipinski definition) is 6. The number of aromatic nitrogens is 5. The summed E-state index contributed by atoms with van der Waals surface area (Å²) in [4.78, 5) is 12.0. The number of nitrogens with two attached hydrogens (primary N) is 1. The van der Waals surface area contributed by atoms with Gasteiger partial charge in [0.05, 0.1) is 5.69 Å². The first-order valence-electron chi connectivity index (χ1n) is 9.39. The largest absolute Gasteiger partial charge is 0.421 e. The molecule has 0 saturated heterocycles. The van der Waals surface area contributed by atoms with Crippen molar-refractivity contribution in [3.05, 3.63) is 53.2 Å². The molecule has 0 unspecified atom stereocenters. The number of rotatable bonds is 5. The lowest BCUT2D eigenvalue weighted by Gasteiger charge is -2.16. The molecule has 8 nitrogen and oxygen atoms in total. The molecule has 1 aromatic carbocycles. The summed E-state index contributed by atoms with van der Waals surface area (Å²) >= 11 is 0. The van der Waals surface area contributed by atoms with Crippen molar-refractivity contribution in [2.24, 2.45) is 5.84 Å². The summed E-state index contributed by atoms with van der Waals surface area (Å²) < 4.78 is 20.7. The minimum absolute atomic E-state index is 0.0533. The molecule has 29 heavy (non-hydrogen) atoms. The van der Waals surface area contributed by atoms with Gasteiger partial charge in [0.25, 0.3) is 0 Å². The number of nitrogens with one attached hydrogen (secondary N) is 2. The topological polar surface area (TPSA) is 109 Å². The fourth-order valence-electron chi connectivity index (χ4n) is 3.30. The Morgan fingerprint density at radius 2 is 1.93 bits per heavy atom. The minimum Gasteiger partial charge on any atom is -0.421 e.